The molecule has 1 aliphatic rings. The van der Waals surface area contributed by atoms with E-state index >= 15 is 0 Å². The molecule has 1 atom stereocenters. The van der Waals surface area contributed by atoms with Crippen molar-refractivity contribution in [2.24, 2.45) is 0 Å². The Morgan fingerprint density at radius 1 is 1.18 bits per heavy atom. The van der Waals surface area contributed by atoms with Crippen molar-refractivity contribution in [1.82, 2.24) is 9.88 Å². The van der Waals surface area contributed by atoms with Gasteiger partial charge in [0.05, 0.1) is 19.7 Å². The van der Waals surface area contributed by atoms with Gasteiger partial charge in [0.1, 0.15) is 5.82 Å². The number of rotatable bonds is 5. The number of aromatic amines is 1. The van der Waals surface area contributed by atoms with Crippen LogP contribution in [0.15, 0.2) is 47.3 Å². The predicted molar refractivity (Wildman–Crippen MR) is 107 cm³/mol. The average Bonchev–Trinajstić information content (AvgIpc) is 3.16. The number of para-hydroxylation sites is 2. The third-order valence-corrected chi connectivity index (χ3v) is 5.41. The van der Waals surface area contributed by atoms with Crippen molar-refractivity contribution in [3.8, 4) is 11.5 Å². The molecule has 2 aromatic carbocycles. The van der Waals surface area contributed by atoms with E-state index in [9.17, 15) is 9.18 Å². The number of nitrogens with zero attached hydrogens (tertiary/aromatic N) is 1. The first kappa shape index (κ1) is 18.5. The van der Waals surface area contributed by atoms with Gasteiger partial charge in [-0.2, -0.15) is 0 Å². The van der Waals surface area contributed by atoms with Crippen LogP contribution in [0.4, 0.5) is 4.39 Å². The van der Waals surface area contributed by atoms with E-state index in [4.69, 9.17) is 9.47 Å². The minimum Gasteiger partial charge on any atom is -0.493 e. The lowest BCUT2D eigenvalue weighted by Gasteiger charge is -2.19. The summed E-state index contributed by atoms with van der Waals surface area (Å²) in [6.45, 7) is 2.30. The number of pyridine rings is 1. The lowest BCUT2D eigenvalue weighted by molar-refractivity contribution is 0.320. The van der Waals surface area contributed by atoms with Gasteiger partial charge < -0.3 is 14.5 Å². The van der Waals surface area contributed by atoms with Crippen LogP contribution >= 0.6 is 0 Å². The fourth-order valence-corrected chi connectivity index (χ4v) is 4.08. The highest BCUT2D eigenvalue weighted by Gasteiger charge is 2.27. The molecule has 1 aliphatic heterocycles. The topological polar surface area (TPSA) is 54.6 Å². The number of benzene rings is 2. The molecular formula is C22H23FN2O3. The molecule has 1 unspecified atom stereocenters. The third-order valence-electron chi connectivity index (χ3n) is 5.41. The zero-order chi connectivity index (χ0) is 19.7. The molecule has 5 nitrogen and oxygen atoms in total. The first-order valence-corrected chi connectivity index (χ1v) is 9.34. The van der Waals surface area contributed by atoms with Crippen LogP contribution in [0.25, 0.3) is 10.9 Å². The van der Waals surface area contributed by atoms with Gasteiger partial charge in [-0.3, -0.25) is 9.69 Å². The van der Waals surface area contributed by atoms with Crippen molar-refractivity contribution < 1.29 is 13.9 Å². The van der Waals surface area contributed by atoms with E-state index < -0.39 is 5.82 Å². The van der Waals surface area contributed by atoms with Crippen LogP contribution in [0, 0.1) is 5.82 Å². The molecule has 2 heterocycles. The van der Waals surface area contributed by atoms with Gasteiger partial charge in [0.2, 0.25) is 0 Å². The van der Waals surface area contributed by atoms with Crippen LogP contribution in [-0.2, 0) is 6.54 Å². The molecule has 3 aromatic rings. The number of likely N-dealkylation sites (tertiary alicyclic amines) is 1. The minimum absolute atomic E-state index is 0.159. The maximum atomic E-state index is 14.1. The van der Waals surface area contributed by atoms with E-state index in [1.54, 1.807) is 32.4 Å². The summed E-state index contributed by atoms with van der Waals surface area (Å²) in [5, 5.41) is 0.379. The van der Waals surface area contributed by atoms with Gasteiger partial charge >= 0.3 is 0 Å². The van der Waals surface area contributed by atoms with Crippen LogP contribution in [0.3, 0.4) is 0 Å². The highest BCUT2D eigenvalue weighted by Crippen LogP contribution is 2.39. The normalized spacial score (nSPS) is 17.2. The molecule has 4 rings (SSSR count). The number of halogens is 1. The first-order chi connectivity index (χ1) is 13.6. The Morgan fingerprint density at radius 3 is 2.79 bits per heavy atom. The van der Waals surface area contributed by atoms with Gasteiger partial charge in [-0.25, -0.2) is 4.39 Å². The quantitative estimate of drug-likeness (QED) is 0.732. The molecule has 1 aromatic heterocycles. The molecule has 0 aliphatic carbocycles. The SMILES string of the molecule is COc1cccc(C2CCN(Cc3cc(=O)c4cccc(F)c4[nH]3)C2)c1OC. The first-order valence-electron chi connectivity index (χ1n) is 9.34. The Bertz CT molecular complexity index is 1060. The second-order valence-electron chi connectivity index (χ2n) is 7.12. The van der Waals surface area contributed by atoms with Gasteiger partial charge in [-0.1, -0.05) is 18.2 Å². The molecule has 0 bridgehead atoms. The van der Waals surface area contributed by atoms with Crippen molar-refractivity contribution in [2.45, 2.75) is 18.9 Å². The molecule has 1 saturated heterocycles. The van der Waals surface area contributed by atoms with Crippen LogP contribution in [0.5, 0.6) is 11.5 Å². The molecule has 146 valence electrons. The number of hydrogen-bond donors (Lipinski definition) is 1. The van der Waals surface area contributed by atoms with E-state index in [1.165, 1.54) is 6.07 Å². The molecule has 1 fully saturated rings. The number of nitrogens with one attached hydrogen (secondary N) is 1. The highest BCUT2D eigenvalue weighted by molar-refractivity contribution is 5.78. The minimum atomic E-state index is -0.406. The van der Waals surface area contributed by atoms with E-state index in [2.05, 4.69) is 16.0 Å². The standard InChI is InChI=1S/C22H23FN2O3/c1-27-20-8-4-5-16(22(20)28-2)14-9-10-25(12-14)13-15-11-19(26)17-6-3-7-18(23)21(17)24-15/h3-8,11,14H,9-10,12-13H2,1-2H3,(H,24,26). The van der Waals surface area contributed by atoms with E-state index in [1.807, 2.05) is 12.1 Å². The zero-order valence-corrected chi connectivity index (χ0v) is 16.0. The molecule has 28 heavy (non-hydrogen) atoms. The maximum Gasteiger partial charge on any atom is 0.189 e. The second-order valence-corrected chi connectivity index (χ2v) is 7.12. The zero-order valence-electron chi connectivity index (χ0n) is 16.0. The number of H-pyrrole nitrogens is 1. The summed E-state index contributed by atoms with van der Waals surface area (Å²) in [5.41, 5.74) is 1.96. The average molecular weight is 382 g/mol. The number of fused-ring (bicyclic) bond motifs is 1. The molecule has 1 N–H and O–H groups in total. The summed E-state index contributed by atoms with van der Waals surface area (Å²) >= 11 is 0. The number of aromatic nitrogens is 1. The number of ether oxygens (including phenoxy) is 2. The molecule has 6 heteroatoms. The molecule has 0 radical (unpaired) electrons. The fraction of sp³-hybridized carbons (Fsp3) is 0.318. The summed E-state index contributed by atoms with van der Waals surface area (Å²) in [4.78, 5) is 17.7. The Kier molecular flexibility index (Phi) is 5.05. The van der Waals surface area contributed by atoms with Crippen molar-refractivity contribution in [3.05, 3.63) is 69.8 Å². The van der Waals surface area contributed by atoms with Crippen molar-refractivity contribution in [1.29, 1.82) is 0 Å². The van der Waals surface area contributed by atoms with Gasteiger partial charge in [-0.15, -0.1) is 0 Å². The summed E-state index contributed by atoms with van der Waals surface area (Å²) < 4.78 is 25.1. The third kappa shape index (κ3) is 3.36. The number of methoxy groups -OCH3 is 2. The van der Waals surface area contributed by atoms with Crippen LogP contribution < -0.4 is 14.9 Å². The largest absolute Gasteiger partial charge is 0.493 e. The fourth-order valence-electron chi connectivity index (χ4n) is 4.08. The number of hydrogen-bond acceptors (Lipinski definition) is 4. The van der Waals surface area contributed by atoms with Gasteiger partial charge in [0.15, 0.2) is 16.9 Å². The predicted octanol–water partition coefficient (Wildman–Crippen LogP) is 3.67. The van der Waals surface area contributed by atoms with E-state index in [-0.39, 0.29) is 10.9 Å². The van der Waals surface area contributed by atoms with Crippen LogP contribution in [0.1, 0.15) is 23.6 Å². The smallest absolute Gasteiger partial charge is 0.189 e. The van der Waals surface area contributed by atoms with E-state index in [0.717, 1.165) is 42.3 Å². The van der Waals surface area contributed by atoms with Crippen LogP contribution in [-0.4, -0.2) is 37.2 Å². The monoisotopic (exact) mass is 382 g/mol. The van der Waals surface area contributed by atoms with Gasteiger partial charge in [-0.05, 0) is 31.2 Å². The van der Waals surface area contributed by atoms with Crippen molar-refractivity contribution in [3.63, 3.8) is 0 Å². The summed E-state index contributed by atoms with van der Waals surface area (Å²) in [5.74, 6) is 1.41. The lowest BCUT2D eigenvalue weighted by atomic mass is 9.97. The Morgan fingerprint density at radius 2 is 2.00 bits per heavy atom. The molecular weight excluding hydrogens is 359 g/mol. The highest BCUT2D eigenvalue weighted by atomic mass is 19.1. The molecule has 0 spiro atoms. The molecule has 0 amide bonds. The van der Waals surface area contributed by atoms with E-state index in [0.29, 0.717) is 17.8 Å². The van der Waals surface area contributed by atoms with Gasteiger partial charge in [0.25, 0.3) is 0 Å². The summed E-state index contributed by atoms with van der Waals surface area (Å²) in [6, 6.07) is 12.1. The summed E-state index contributed by atoms with van der Waals surface area (Å²) in [7, 11) is 3.29. The maximum absolute atomic E-state index is 14.1. The Labute approximate surface area is 162 Å². The Balaban J connectivity index is 1.56. The second kappa shape index (κ2) is 7.64. The summed E-state index contributed by atoms with van der Waals surface area (Å²) in [6.07, 6.45) is 0.982. The van der Waals surface area contributed by atoms with Gasteiger partial charge in [0, 0.05) is 41.7 Å². The van der Waals surface area contributed by atoms with Crippen molar-refractivity contribution >= 4 is 10.9 Å². The Hall–Kier alpha value is -2.86. The lowest BCUT2D eigenvalue weighted by Crippen LogP contribution is -2.22. The van der Waals surface area contributed by atoms with Crippen molar-refractivity contribution in [2.75, 3.05) is 27.3 Å². The molecule has 0 saturated carbocycles. The van der Waals surface area contributed by atoms with Crippen LogP contribution in [0.2, 0.25) is 0 Å².